The van der Waals surface area contributed by atoms with E-state index < -0.39 is 0 Å². The van der Waals surface area contributed by atoms with Crippen LogP contribution in [0.3, 0.4) is 0 Å². The smallest absolute Gasteiger partial charge is 0.0144 e. The minimum Gasteiger partial charge on any atom is -0.311 e. The van der Waals surface area contributed by atoms with Crippen molar-refractivity contribution in [3.63, 3.8) is 0 Å². The van der Waals surface area contributed by atoms with Crippen LogP contribution in [-0.4, -0.2) is 12.6 Å². The first-order valence-corrected chi connectivity index (χ1v) is 4.00. The standard InChI is InChI=1S/C6H12IN/c1-6(2)8-5-3-4-7/h3-4,6,8H,5H2,1-2H3. The Morgan fingerprint density at radius 2 is 2.25 bits per heavy atom. The summed E-state index contributed by atoms with van der Waals surface area (Å²) in [5, 5.41) is 3.25. The summed E-state index contributed by atoms with van der Waals surface area (Å²) in [5.41, 5.74) is 0. The van der Waals surface area contributed by atoms with Crippen LogP contribution in [0.1, 0.15) is 13.8 Å². The van der Waals surface area contributed by atoms with Crippen molar-refractivity contribution in [2.24, 2.45) is 0 Å². The van der Waals surface area contributed by atoms with Crippen LogP contribution in [0.5, 0.6) is 0 Å². The topological polar surface area (TPSA) is 12.0 Å². The van der Waals surface area contributed by atoms with Gasteiger partial charge in [0.05, 0.1) is 0 Å². The zero-order chi connectivity index (χ0) is 6.41. The van der Waals surface area contributed by atoms with E-state index in [1.165, 1.54) is 0 Å². The van der Waals surface area contributed by atoms with Crippen molar-refractivity contribution in [1.29, 1.82) is 0 Å². The molecule has 0 unspecified atom stereocenters. The Hall–Kier alpha value is 0.430. The normalized spacial score (nSPS) is 11.5. The Bertz CT molecular complexity index is 68.9. The average molecular weight is 225 g/mol. The third-order valence-corrected chi connectivity index (χ3v) is 1.24. The molecule has 1 N–H and O–H groups in total. The average Bonchev–Trinajstić information content (AvgIpc) is 1.66. The first kappa shape index (κ1) is 8.43. The van der Waals surface area contributed by atoms with E-state index in [1.807, 2.05) is 4.08 Å². The molecule has 0 amide bonds. The van der Waals surface area contributed by atoms with Gasteiger partial charge in [-0.25, -0.2) is 0 Å². The Balaban J connectivity index is 2.93. The Morgan fingerprint density at radius 3 is 2.62 bits per heavy atom. The van der Waals surface area contributed by atoms with E-state index >= 15 is 0 Å². The fraction of sp³-hybridized carbons (Fsp3) is 0.667. The number of hydrogen-bond donors (Lipinski definition) is 1. The van der Waals surface area contributed by atoms with Crippen LogP contribution in [0.25, 0.3) is 0 Å². The zero-order valence-corrected chi connectivity index (χ0v) is 7.47. The molecule has 0 bridgehead atoms. The molecule has 0 aliphatic heterocycles. The highest BCUT2D eigenvalue weighted by molar-refractivity contribution is 14.1. The van der Waals surface area contributed by atoms with Gasteiger partial charge < -0.3 is 5.32 Å². The van der Waals surface area contributed by atoms with E-state index in [-0.39, 0.29) is 0 Å². The highest BCUT2D eigenvalue weighted by atomic mass is 127. The Labute approximate surface area is 64.7 Å². The van der Waals surface area contributed by atoms with Gasteiger partial charge in [0.15, 0.2) is 0 Å². The van der Waals surface area contributed by atoms with Crippen molar-refractivity contribution in [3.05, 3.63) is 10.2 Å². The van der Waals surface area contributed by atoms with Crippen LogP contribution in [0.15, 0.2) is 10.2 Å². The van der Waals surface area contributed by atoms with Crippen LogP contribution in [0.4, 0.5) is 0 Å². The van der Waals surface area contributed by atoms with E-state index in [0.29, 0.717) is 6.04 Å². The number of rotatable bonds is 3. The highest BCUT2D eigenvalue weighted by Crippen LogP contribution is 1.82. The maximum absolute atomic E-state index is 3.25. The lowest BCUT2D eigenvalue weighted by atomic mass is 10.4. The monoisotopic (exact) mass is 225 g/mol. The van der Waals surface area contributed by atoms with E-state index in [0.717, 1.165) is 6.54 Å². The van der Waals surface area contributed by atoms with Crippen molar-refractivity contribution in [1.82, 2.24) is 5.32 Å². The van der Waals surface area contributed by atoms with Crippen LogP contribution in [-0.2, 0) is 0 Å². The lowest BCUT2D eigenvalue weighted by Gasteiger charge is -2.02. The first-order chi connectivity index (χ1) is 3.77. The van der Waals surface area contributed by atoms with Crippen LogP contribution in [0.2, 0.25) is 0 Å². The van der Waals surface area contributed by atoms with E-state index in [2.05, 4.69) is 47.8 Å². The minimum absolute atomic E-state index is 0.600. The van der Waals surface area contributed by atoms with Gasteiger partial charge in [-0.05, 0) is 4.08 Å². The molecule has 0 aromatic rings. The lowest BCUT2D eigenvalue weighted by Crippen LogP contribution is -2.22. The predicted octanol–water partition coefficient (Wildman–Crippen LogP) is 1.93. The fourth-order valence-corrected chi connectivity index (χ4v) is 0.603. The van der Waals surface area contributed by atoms with Crippen molar-refractivity contribution in [3.8, 4) is 0 Å². The van der Waals surface area contributed by atoms with Crippen LogP contribution in [0, 0.1) is 0 Å². The van der Waals surface area contributed by atoms with Crippen LogP contribution >= 0.6 is 22.6 Å². The molecule has 0 saturated carbocycles. The quantitative estimate of drug-likeness (QED) is 0.723. The second-order valence-electron chi connectivity index (χ2n) is 1.92. The molecule has 0 aliphatic rings. The second-order valence-corrected chi connectivity index (χ2v) is 2.64. The minimum atomic E-state index is 0.600. The molecule has 0 fully saturated rings. The molecule has 0 radical (unpaired) electrons. The summed E-state index contributed by atoms with van der Waals surface area (Å²) >= 11 is 2.21. The van der Waals surface area contributed by atoms with E-state index in [9.17, 15) is 0 Å². The summed E-state index contributed by atoms with van der Waals surface area (Å²) in [6.45, 7) is 5.27. The molecule has 0 spiro atoms. The SMILES string of the molecule is CC(C)NCC=CI. The van der Waals surface area contributed by atoms with Gasteiger partial charge in [-0.15, -0.1) is 0 Å². The summed E-state index contributed by atoms with van der Waals surface area (Å²) in [7, 11) is 0. The molecule has 0 saturated heterocycles. The zero-order valence-electron chi connectivity index (χ0n) is 5.32. The molecule has 0 aromatic heterocycles. The second kappa shape index (κ2) is 5.56. The van der Waals surface area contributed by atoms with Crippen molar-refractivity contribution in [2.75, 3.05) is 6.54 Å². The van der Waals surface area contributed by atoms with Crippen molar-refractivity contribution in [2.45, 2.75) is 19.9 Å². The fourth-order valence-electron chi connectivity index (χ4n) is 0.348. The molecular formula is C6H12IN. The van der Waals surface area contributed by atoms with Gasteiger partial charge in [0, 0.05) is 12.6 Å². The van der Waals surface area contributed by atoms with Gasteiger partial charge >= 0.3 is 0 Å². The van der Waals surface area contributed by atoms with Crippen molar-refractivity contribution >= 4 is 22.6 Å². The van der Waals surface area contributed by atoms with Gasteiger partial charge in [-0.2, -0.15) is 0 Å². The number of halogens is 1. The van der Waals surface area contributed by atoms with Gasteiger partial charge in [-0.1, -0.05) is 42.5 Å². The molecular weight excluding hydrogens is 213 g/mol. The third-order valence-electron chi connectivity index (χ3n) is 0.733. The van der Waals surface area contributed by atoms with E-state index in [4.69, 9.17) is 0 Å². The molecule has 0 rings (SSSR count). The largest absolute Gasteiger partial charge is 0.311 e. The summed E-state index contributed by atoms with van der Waals surface area (Å²) in [5.74, 6) is 0. The molecule has 0 aliphatic carbocycles. The number of nitrogens with one attached hydrogen (secondary N) is 1. The molecule has 0 heterocycles. The molecule has 8 heavy (non-hydrogen) atoms. The third kappa shape index (κ3) is 6.43. The molecule has 1 nitrogen and oxygen atoms in total. The lowest BCUT2D eigenvalue weighted by molar-refractivity contribution is 0.633. The van der Waals surface area contributed by atoms with Gasteiger partial charge in [0.25, 0.3) is 0 Å². The summed E-state index contributed by atoms with van der Waals surface area (Å²) < 4.78 is 2.02. The number of hydrogen-bond acceptors (Lipinski definition) is 1. The van der Waals surface area contributed by atoms with Gasteiger partial charge in [0.2, 0.25) is 0 Å². The highest BCUT2D eigenvalue weighted by Gasteiger charge is 1.84. The first-order valence-electron chi connectivity index (χ1n) is 2.76. The molecule has 48 valence electrons. The van der Waals surface area contributed by atoms with Gasteiger partial charge in [-0.3, -0.25) is 0 Å². The Morgan fingerprint density at radius 1 is 1.62 bits per heavy atom. The molecule has 0 aromatic carbocycles. The maximum atomic E-state index is 3.25. The summed E-state index contributed by atoms with van der Waals surface area (Å²) in [6.07, 6.45) is 2.10. The summed E-state index contributed by atoms with van der Waals surface area (Å²) in [4.78, 5) is 0. The summed E-state index contributed by atoms with van der Waals surface area (Å²) in [6, 6.07) is 0.600. The Kier molecular flexibility index (Phi) is 5.86. The van der Waals surface area contributed by atoms with E-state index in [1.54, 1.807) is 0 Å². The van der Waals surface area contributed by atoms with Gasteiger partial charge in [0.1, 0.15) is 0 Å². The van der Waals surface area contributed by atoms with Crippen LogP contribution < -0.4 is 5.32 Å². The molecule has 2 heteroatoms. The maximum Gasteiger partial charge on any atom is 0.0144 e. The van der Waals surface area contributed by atoms with Crippen molar-refractivity contribution < 1.29 is 0 Å². The molecule has 0 atom stereocenters. The predicted molar refractivity (Wildman–Crippen MR) is 46.3 cm³/mol.